The number of aromatic nitrogens is 3. The van der Waals surface area contributed by atoms with Gasteiger partial charge in [0.1, 0.15) is 47.2 Å². The van der Waals surface area contributed by atoms with E-state index in [-0.39, 0.29) is 65.3 Å². The van der Waals surface area contributed by atoms with Gasteiger partial charge in [-0.1, -0.05) is 12.0 Å². The van der Waals surface area contributed by atoms with Crippen LogP contribution < -0.4 is 19.1 Å². The number of anilines is 1. The molecule has 3 aliphatic heterocycles. The van der Waals surface area contributed by atoms with Gasteiger partial charge < -0.3 is 33.5 Å². The predicted molar refractivity (Wildman–Crippen MR) is 202 cm³/mol. The Morgan fingerprint density at radius 2 is 1.84 bits per heavy atom. The third kappa shape index (κ3) is 6.71. The highest BCUT2D eigenvalue weighted by Crippen LogP contribution is 2.46. The first-order chi connectivity index (χ1) is 26.6. The van der Waals surface area contributed by atoms with E-state index in [2.05, 4.69) is 15.7 Å². The van der Waals surface area contributed by atoms with Gasteiger partial charge in [-0.3, -0.25) is 4.90 Å². The van der Waals surface area contributed by atoms with Gasteiger partial charge in [-0.15, -0.1) is 6.42 Å². The summed E-state index contributed by atoms with van der Waals surface area (Å²) in [6.45, 7) is 2.89. The van der Waals surface area contributed by atoms with Crippen LogP contribution in [-0.4, -0.2) is 110 Å². The average molecular weight is 757 g/mol. The molecule has 4 aromatic rings. The van der Waals surface area contributed by atoms with Crippen LogP contribution in [0.5, 0.6) is 17.6 Å². The summed E-state index contributed by atoms with van der Waals surface area (Å²) >= 11 is 0. The maximum atomic E-state index is 17.5. The van der Waals surface area contributed by atoms with Crippen LogP contribution in [0.2, 0.25) is 0 Å². The zero-order valence-electron chi connectivity index (χ0n) is 31.7. The molecule has 4 atom stereocenters. The van der Waals surface area contributed by atoms with Crippen LogP contribution in [0.25, 0.3) is 32.9 Å². The fraction of sp³-hybridized carbons (Fsp3) is 0.512. The second-order valence-corrected chi connectivity index (χ2v) is 15.4. The van der Waals surface area contributed by atoms with Gasteiger partial charge in [-0.05, 0) is 86.9 Å². The van der Waals surface area contributed by atoms with E-state index in [0.29, 0.717) is 46.2 Å². The summed E-state index contributed by atoms with van der Waals surface area (Å²) in [6, 6.07) is 6.21. The number of pyridine rings is 1. The van der Waals surface area contributed by atoms with Gasteiger partial charge in [-0.2, -0.15) is 9.97 Å². The predicted octanol–water partition coefficient (Wildman–Crippen LogP) is 6.41. The zero-order chi connectivity index (χ0) is 38.4. The lowest BCUT2D eigenvalue weighted by molar-refractivity contribution is 0.0484. The summed E-state index contributed by atoms with van der Waals surface area (Å²) in [5.74, 6) is 3.03. The Labute approximate surface area is 319 Å². The first-order valence-corrected chi connectivity index (χ1v) is 18.9. The molecule has 2 aromatic heterocycles. The molecule has 4 fully saturated rings. The lowest BCUT2D eigenvalue weighted by atomic mass is 9.95. The largest absolute Gasteiger partial charge is 0.480 e. The van der Waals surface area contributed by atoms with E-state index in [4.69, 9.17) is 45.1 Å². The molecule has 1 aliphatic carbocycles. The highest BCUT2D eigenvalue weighted by atomic mass is 19.1. The number of fused-ring (bicyclic) bond motifs is 5. The molecule has 0 spiro atoms. The van der Waals surface area contributed by atoms with Crippen molar-refractivity contribution in [1.82, 2.24) is 24.8 Å². The van der Waals surface area contributed by atoms with Crippen molar-refractivity contribution >= 4 is 33.6 Å². The number of piperidine rings is 1. The van der Waals surface area contributed by atoms with Crippen molar-refractivity contribution in [3.63, 3.8) is 0 Å². The minimum absolute atomic E-state index is 0.0320. The normalized spacial score (nSPS) is 23.2. The van der Waals surface area contributed by atoms with Gasteiger partial charge in [0.05, 0.1) is 18.2 Å². The molecule has 1 saturated carbocycles. The van der Waals surface area contributed by atoms with E-state index < -0.39 is 11.6 Å². The van der Waals surface area contributed by atoms with E-state index in [1.165, 1.54) is 25.2 Å². The van der Waals surface area contributed by atoms with Crippen molar-refractivity contribution < 1.29 is 37.3 Å². The Morgan fingerprint density at radius 1 is 1.04 bits per heavy atom. The summed E-state index contributed by atoms with van der Waals surface area (Å²) in [5, 5.41) is 1.16. The van der Waals surface area contributed by atoms with Crippen LogP contribution in [0.3, 0.4) is 0 Å². The van der Waals surface area contributed by atoms with Crippen LogP contribution in [0.1, 0.15) is 50.5 Å². The Morgan fingerprint density at radius 3 is 2.56 bits per heavy atom. The minimum atomic E-state index is -0.758. The summed E-state index contributed by atoms with van der Waals surface area (Å²) in [7, 11) is 6.30. The van der Waals surface area contributed by atoms with Crippen LogP contribution in [-0.2, 0) is 9.47 Å². The minimum Gasteiger partial charge on any atom is -0.480 e. The summed E-state index contributed by atoms with van der Waals surface area (Å²) < 4.78 is 61.6. The zero-order valence-corrected chi connectivity index (χ0v) is 31.7. The Bertz CT molecular complexity index is 2170. The lowest BCUT2D eigenvalue weighted by Gasteiger charge is -2.35. The number of methoxy groups -OCH3 is 2. The van der Waals surface area contributed by atoms with Gasteiger partial charge in [0.25, 0.3) is 0 Å². The molecule has 2 bridgehead atoms. The number of terminal acetylenes is 1. The molecule has 1 amide bonds. The highest BCUT2D eigenvalue weighted by molar-refractivity contribution is 6.04. The third-order valence-electron chi connectivity index (χ3n) is 11.9. The molecule has 8 rings (SSSR count). The van der Waals surface area contributed by atoms with Gasteiger partial charge in [-0.25, -0.2) is 18.6 Å². The molecule has 0 radical (unpaired) electrons. The van der Waals surface area contributed by atoms with E-state index >= 15 is 8.78 Å². The standard InChI is InChI=1S/C41H46F2N6O6/c1-6-29-31(42)11-10-26-17-28(55-23-51-4)18-30(32(26)29)35-34(43)36-33(38(44-35)52-5)37(48-19-24-8-9-25(16-24)20-48)46-39(45-36)54-22-41-13-7-15-49(41)27(12-14-41)21-53-40(50)47(2)3/h1,10-11,17-18,24-25,27H,7-9,12-16,19-23H2,2-5H3/t24?,25?,27-,41-/m1/s1. The molecule has 14 heteroatoms. The summed E-state index contributed by atoms with van der Waals surface area (Å²) in [5.41, 5.74) is -0.293. The van der Waals surface area contributed by atoms with Crippen molar-refractivity contribution in [2.75, 3.05) is 72.9 Å². The number of carbonyl (C=O) groups excluding carboxylic acids is 1. The number of carbonyl (C=O) groups is 1. The average Bonchev–Trinajstić information content (AvgIpc) is 3.87. The summed E-state index contributed by atoms with van der Waals surface area (Å²) in [6.07, 6.45) is 12.5. The lowest BCUT2D eigenvalue weighted by Crippen LogP contribution is -2.48. The quantitative estimate of drug-likeness (QED) is 0.125. The third-order valence-corrected chi connectivity index (χ3v) is 11.9. The molecule has 2 aromatic carbocycles. The molecule has 2 unspecified atom stereocenters. The fourth-order valence-electron chi connectivity index (χ4n) is 9.34. The van der Waals surface area contributed by atoms with Crippen molar-refractivity contribution in [3.8, 4) is 41.2 Å². The van der Waals surface area contributed by atoms with Gasteiger partial charge >= 0.3 is 12.1 Å². The van der Waals surface area contributed by atoms with Crippen molar-refractivity contribution in [2.45, 2.75) is 56.5 Å². The van der Waals surface area contributed by atoms with Gasteiger partial charge in [0.15, 0.2) is 12.6 Å². The number of hydrogen-bond donors (Lipinski definition) is 0. The molecule has 5 heterocycles. The Balaban J connectivity index is 1.24. The van der Waals surface area contributed by atoms with Crippen molar-refractivity contribution in [3.05, 3.63) is 41.5 Å². The number of rotatable bonds is 11. The van der Waals surface area contributed by atoms with E-state index in [0.717, 1.165) is 64.6 Å². The number of hydrogen-bond acceptors (Lipinski definition) is 11. The number of benzene rings is 2. The van der Waals surface area contributed by atoms with Crippen LogP contribution >= 0.6 is 0 Å². The number of amides is 1. The number of ether oxygens (including phenoxy) is 5. The molecule has 55 heavy (non-hydrogen) atoms. The monoisotopic (exact) mass is 756 g/mol. The first kappa shape index (κ1) is 36.9. The second-order valence-electron chi connectivity index (χ2n) is 15.4. The molecular formula is C41H46F2N6O6. The number of nitrogens with zero attached hydrogens (tertiary/aromatic N) is 6. The molecule has 4 aliphatic rings. The van der Waals surface area contributed by atoms with E-state index in [9.17, 15) is 4.79 Å². The Hall–Kier alpha value is -5.00. The molecular weight excluding hydrogens is 710 g/mol. The molecule has 3 saturated heterocycles. The molecule has 290 valence electrons. The Kier molecular flexibility index (Phi) is 10.0. The smallest absolute Gasteiger partial charge is 0.409 e. The number of halogens is 2. The van der Waals surface area contributed by atoms with E-state index in [1.54, 1.807) is 32.3 Å². The fourth-order valence-corrected chi connectivity index (χ4v) is 9.34. The SMILES string of the molecule is C#Cc1c(F)ccc2cc(OCOC)cc(-c3nc(OC)c4c(N5CC6CCC(C6)C5)nc(OC[C@]56CCCN5[C@@H](COC(=O)N(C)C)CC6)nc4c3F)c12. The van der Waals surface area contributed by atoms with Crippen molar-refractivity contribution in [2.24, 2.45) is 11.8 Å². The van der Waals surface area contributed by atoms with Gasteiger partial charge in [0, 0.05) is 51.3 Å². The highest BCUT2D eigenvalue weighted by Gasteiger charge is 2.50. The van der Waals surface area contributed by atoms with Gasteiger partial charge in [0.2, 0.25) is 5.88 Å². The van der Waals surface area contributed by atoms with E-state index in [1.807, 2.05) is 0 Å². The van der Waals surface area contributed by atoms with Crippen molar-refractivity contribution in [1.29, 1.82) is 0 Å². The molecule has 12 nitrogen and oxygen atoms in total. The van der Waals surface area contributed by atoms with Crippen LogP contribution in [0.4, 0.5) is 19.4 Å². The summed E-state index contributed by atoms with van der Waals surface area (Å²) in [4.78, 5) is 32.7. The van der Waals surface area contributed by atoms with Crippen LogP contribution in [0, 0.1) is 35.8 Å². The first-order valence-electron chi connectivity index (χ1n) is 18.9. The second kappa shape index (κ2) is 14.9. The van der Waals surface area contributed by atoms with Crippen LogP contribution in [0.15, 0.2) is 24.3 Å². The molecule has 0 N–H and O–H groups in total. The maximum Gasteiger partial charge on any atom is 0.409 e. The topological polar surface area (TPSA) is 112 Å². The maximum absolute atomic E-state index is 17.5.